The van der Waals surface area contributed by atoms with E-state index < -0.39 is 5.76 Å². The van der Waals surface area contributed by atoms with E-state index in [4.69, 9.17) is 13.3 Å². The topological polar surface area (TPSA) is 118 Å². The number of benzene rings is 2. The Balaban J connectivity index is 1.40. The Kier molecular flexibility index (Phi) is 4.24. The normalized spacial score (nSPS) is 11.4. The van der Waals surface area contributed by atoms with Crippen molar-refractivity contribution < 1.29 is 18.4 Å². The van der Waals surface area contributed by atoms with Gasteiger partial charge in [0.2, 0.25) is 17.7 Å². The summed E-state index contributed by atoms with van der Waals surface area (Å²) < 4.78 is 16.6. The minimum atomic E-state index is -0.690. The largest absolute Gasteiger partial charge is 0.492 e. The number of rotatable bonds is 5. The molecule has 0 saturated carbocycles. The lowest BCUT2D eigenvalue weighted by atomic mass is 10.1. The standard InChI is InChI=1S/C22H17N3O5/c1-12-15(24-21(28-12)14-5-3-2-4-6-14)11-19-23-16-9-13(7-8-17(16)29-19)10-18-20(26)25-22(27)30-18/h2-9,26H,10-11H2,1H3,(H,25,27). The second-order valence-electron chi connectivity index (χ2n) is 6.94. The number of aromatic amines is 1. The van der Waals surface area contributed by atoms with Crippen LogP contribution in [-0.4, -0.2) is 20.1 Å². The molecule has 0 aliphatic rings. The van der Waals surface area contributed by atoms with Crippen LogP contribution >= 0.6 is 0 Å². The van der Waals surface area contributed by atoms with Gasteiger partial charge in [0, 0.05) is 12.0 Å². The van der Waals surface area contributed by atoms with Crippen LogP contribution in [0.3, 0.4) is 0 Å². The third kappa shape index (κ3) is 3.39. The van der Waals surface area contributed by atoms with Crippen LogP contribution in [0.2, 0.25) is 0 Å². The number of aryl methyl sites for hydroxylation is 1. The van der Waals surface area contributed by atoms with Gasteiger partial charge in [0.05, 0.1) is 12.1 Å². The first kappa shape index (κ1) is 18.0. The summed E-state index contributed by atoms with van der Waals surface area (Å²) in [7, 11) is 0. The smallest absolute Gasteiger partial charge is 0.419 e. The molecule has 5 aromatic rings. The monoisotopic (exact) mass is 403 g/mol. The van der Waals surface area contributed by atoms with Crippen LogP contribution in [0, 0.1) is 6.92 Å². The van der Waals surface area contributed by atoms with Crippen LogP contribution in [-0.2, 0) is 12.8 Å². The molecule has 8 nitrogen and oxygen atoms in total. The van der Waals surface area contributed by atoms with E-state index in [2.05, 4.69) is 15.0 Å². The maximum atomic E-state index is 11.2. The number of aromatic hydroxyl groups is 1. The van der Waals surface area contributed by atoms with Gasteiger partial charge in [-0.2, -0.15) is 0 Å². The van der Waals surface area contributed by atoms with Gasteiger partial charge in [-0.3, -0.25) is 4.98 Å². The second-order valence-corrected chi connectivity index (χ2v) is 6.94. The Bertz CT molecular complexity index is 1390. The fourth-order valence-electron chi connectivity index (χ4n) is 3.30. The summed E-state index contributed by atoms with van der Waals surface area (Å²) in [6, 6.07) is 15.2. The molecule has 8 heteroatoms. The molecule has 0 atom stereocenters. The third-order valence-corrected chi connectivity index (χ3v) is 4.79. The highest BCUT2D eigenvalue weighted by atomic mass is 16.4. The van der Waals surface area contributed by atoms with Gasteiger partial charge in [0.15, 0.2) is 11.3 Å². The van der Waals surface area contributed by atoms with Crippen molar-refractivity contribution in [2.75, 3.05) is 0 Å². The zero-order chi connectivity index (χ0) is 20.7. The molecule has 30 heavy (non-hydrogen) atoms. The Labute approximate surface area is 169 Å². The molecule has 150 valence electrons. The lowest BCUT2D eigenvalue weighted by Crippen LogP contribution is -1.93. The first-order valence-corrected chi connectivity index (χ1v) is 9.36. The number of fused-ring (bicyclic) bond motifs is 1. The molecule has 0 radical (unpaired) electrons. The SMILES string of the molecule is Cc1oc(-c2ccccc2)nc1Cc1nc2cc(Cc3oc(=O)[nH]c3O)ccc2o1. The van der Waals surface area contributed by atoms with Gasteiger partial charge >= 0.3 is 5.76 Å². The van der Waals surface area contributed by atoms with E-state index in [1.165, 1.54) is 0 Å². The van der Waals surface area contributed by atoms with Gasteiger partial charge < -0.3 is 18.4 Å². The maximum Gasteiger partial charge on any atom is 0.419 e. The fourth-order valence-corrected chi connectivity index (χ4v) is 3.30. The quantitative estimate of drug-likeness (QED) is 0.456. The van der Waals surface area contributed by atoms with Gasteiger partial charge in [-0.15, -0.1) is 0 Å². The van der Waals surface area contributed by atoms with E-state index in [-0.39, 0.29) is 18.1 Å². The van der Waals surface area contributed by atoms with Crippen LogP contribution in [0.5, 0.6) is 5.88 Å². The molecule has 0 spiro atoms. The van der Waals surface area contributed by atoms with Gasteiger partial charge in [-0.05, 0) is 36.8 Å². The Hall–Kier alpha value is -4.07. The molecule has 0 saturated heterocycles. The van der Waals surface area contributed by atoms with Crippen molar-refractivity contribution in [3.8, 4) is 17.3 Å². The summed E-state index contributed by atoms with van der Waals surface area (Å²) in [4.78, 5) is 22.5. The number of nitrogens with zero attached hydrogens (tertiary/aromatic N) is 2. The number of aromatic nitrogens is 3. The molecule has 3 heterocycles. The minimum absolute atomic E-state index is 0.176. The molecule has 3 aromatic heterocycles. The third-order valence-electron chi connectivity index (χ3n) is 4.79. The average molecular weight is 403 g/mol. The van der Waals surface area contributed by atoms with Crippen LogP contribution in [0.4, 0.5) is 0 Å². The Morgan fingerprint density at radius 3 is 2.60 bits per heavy atom. The van der Waals surface area contributed by atoms with Crippen molar-refractivity contribution >= 4 is 11.1 Å². The van der Waals surface area contributed by atoms with Crippen LogP contribution in [0.15, 0.2) is 66.6 Å². The summed E-state index contributed by atoms with van der Waals surface area (Å²) in [5.74, 6) is 1.02. The summed E-state index contributed by atoms with van der Waals surface area (Å²) in [6.07, 6.45) is 0.658. The molecule has 0 unspecified atom stereocenters. The Morgan fingerprint density at radius 1 is 1.00 bits per heavy atom. The number of oxazole rings is 3. The highest BCUT2D eigenvalue weighted by molar-refractivity contribution is 5.73. The first-order chi connectivity index (χ1) is 14.5. The van der Waals surface area contributed by atoms with Crippen molar-refractivity contribution in [2.24, 2.45) is 0 Å². The second kappa shape index (κ2) is 7.07. The van der Waals surface area contributed by atoms with Crippen molar-refractivity contribution in [1.82, 2.24) is 15.0 Å². The number of hydrogen-bond acceptors (Lipinski definition) is 7. The van der Waals surface area contributed by atoms with Gasteiger partial charge in [-0.1, -0.05) is 24.3 Å². The molecule has 0 amide bonds. The highest BCUT2D eigenvalue weighted by Crippen LogP contribution is 2.25. The van der Waals surface area contributed by atoms with Gasteiger partial charge in [-0.25, -0.2) is 14.8 Å². The predicted octanol–water partition coefficient (Wildman–Crippen LogP) is 3.96. The van der Waals surface area contributed by atoms with E-state index in [9.17, 15) is 9.90 Å². The average Bonchev–Trinajstić information content (AvgIpc) is 3.39. The van der Waals surface area contributed by atoms with E-state index in [1.54, 1.807) is 6.07 Å². The zero-order valence-corrected chi connectivity index (χ0v) is 16.0. The number of hydrogen-bond donors (Lipinski definition) is 2. The number of nitrogens with one attached hydrogen (secondary N) is 1. The van der Waals surface area contributed by atoms with E-state index in [0.717, 1.165) is 22.6 Å². The number of H-pyrrole nitrogens is 1. The van der Waals surface area contributed by atoms with E-state index in [0.29, 0.717) is 29.3 Å². The summed E-state index contributed by atoms with van der Waals surface area (Å²) in [5, 5.41) is 9.69. The molecule has 2 aromatic carbocycles. The molecule has 0 aliphatic heterocycles. The molecule has 0 fully saturated rings. The van der Waals surface area contributed by atoms with Crippen molar-refractivity contribution in [2.45, 2.75) is 19.8 Å². The first-order valence-electron chi connectivity index (χ1n) is 9.36. The summed E-state index contributed by atoms with van der Waals surface area (Å²) >= 11 is 0. The van der Waals surface area contributed by atoms with Crippen molar-refractivity contribution in [3.63, 3.8) is 0 Å². The van der Waals surface area contributed by atoms with Crippen LogP contribution in [0.25, 0.3) is 22.6 Å². The lowest BCUT2D eigenvalue weighted by molar-refractivity contribution is 0.426. The van der Waals surface area contributed by atoms with Crippen LogP contribution < -0.4 is 5.76 Å². The predicted molar refractivity (Wildman–Crippen MR) is 107 cm³/mol. The minimum Gasteiger partial charge on any atom is -0.492 e. The fraction of sp³-hybridized carbons (Fsp3) is 0.136. The highest BCUT2D eigenvalue weighted by Gasteiger charge is 2.16. The molecular weight excluding hydrogens is 386 g/mol. The maximum absolute atomic E-state index is 11.2. The Morgan fingerprint density at radius 2 is 1.83 bits per heavy atom. The molecular formula is C22H17N3O5. The van der Waals surface area contributed by atoms with Gasteiger partial charge in [0.25, 0.3) is 0 Å². The zero-order valence-electron chi connectivity index (χ0n) is 16.0. The summed E-state index contributed by atoms with van der Waals surface area (Å²) in [5.41, 5.74) is 3.81. The van der Waals surface area contributed by atoms with E-state index >= 15 is 0 Å². The van der Waals surface area contributed by atoms with Crippen molar-refractivity contribution in [1.29, 1.82) is 0 Å². The molecule has 0 aliphatic carbocycles. The van der Waals surface area contributed by atoms with Crippen LogP contribution in [0.1, 0.15) is 28.7 Å². The molecule has 2 N–H and O–H groups in total. The van der Waals surface area contributed by atoms with E-state index in [1.807, 2.05) is 49.4 Å². The van der Waals surface area contributed by atoms with Gasteiger partial charge in [0.1, 0.15) is 11.3 Å². The lowest BCUT2D eigenvalue weighted by Gasteiger charge is -1.97. The molecule has 0 bridgehead atoms. The summed E-state index contributed by atoms with van der Waals surface area (Å²) in [6.45, 7) is 1.87. The molecule has 5 rings (SSSR count). The van der Waals surface area contributed by atoms with Crippen molar-refractivity contribution in [3.05, 3.63) is 87.8 Å².